The fourth-order valence-electron chi connectivity index (χ4n) is 2.69. The smallest absolute Gasteiger partial charge is 0.119 e. The van der Waals surface area contributed by atoms with E-state index in [-0.39, 0.29) is 0 Å². The summed E-state index contributed by atoms with van der Waals surface area (Å²) in [7, 11) is 0. The van der Waals surface area contributed by atoms with Gasteiger partial charge in [-0.2, -0.15) is 0 Å². The lowest BCUT2D eigenvalue weighted by Crippen LogP contribution is -2.03. The van der Waals surface area contributed by atoms with E-state index in [4.69, 9.17) is 4.74 Å². The molecule has 1 aromatic heterocycles. The molecule has 0 aliphatic rings. The molecule has 0 saturated carbocycles. The lowest BCUT2D eigenvalue weighted by atomic mass is 10.1. The highest BCUT2D eigenvalue weighted by atomic mass is 32.2. The molecule has 5 heteroatoms. The lowest BCUT2D eigenvalue weighted by molar-refractivity contribution is 0.161. The van der Waals surface area contributed by atoms with Crippen LogP contribution in [0.3, 0.4) is 0 Å². The van der Waals surface area contributed by atoms with Crippen molar-refractivity contribution in [3.63, 3.8) is 0 Å². The minimum absolute atomic E-state index is 0.467. The summed E-state index contributed by atoms with van der Waals surface area (Å²) in [4.78, 5) is 6.34. The van der Waals surface area contributed by atoms with Crippen LogP contribution in [0.25, 0.3) is 0 Å². The van der Waals surface area contributed by atoms with Gasteiger partial charge in [-0.25, -0.2) is 4.98 Å². The monoisotopic (exact) mass is 382 g/mol. The molecule has 3 aromatic rings. The Morgan fingerprint density at radius 1 is 1.07 bits per heavy atom. The summed E-state index contributed by atoms with van der Waals surface area (Å²) in [5, 5.41) is 10.4. The van der Waals surface area contributed by atoms with Gasteiger partial charge >= 0.3 is 0 Å². The second-order valence-corrected chi connectivity index (χ2v) is 7.60. The average molecular weight is 383 g/mol. The molecule has 1 unspecified atom stereocenters. The predicted molar refractivity (Wildman–Crippen MR) is 109 cm³/mol. The van der Waals surface area contributed by atoms with Crippen LogP contribution in [-0.4, -0.2) is 21.3 Å². The number of aliphatic hydroxyl groups excluding tert-OH is 1. The van der Waals surface area contributed by atoms with Gasteiger partial charge in [0.2, 0.25) is 0 Å². The van der Waals surface area contributed by atoms with E-state index in [2.05, 4.69) is 36.2 Å². The Kier molecular flexibility index (Phi) is 7.36. The Bertz CT molecular complexity index is 786. The summed E-state index contributed by atoms with van der Waals surface area (Å²) in [6, 6.07) is 16.3. The highest BCUT2D eigenvalue weighted by molar-refractivity contribution is 7.99. The number of imidazole rings is 1. The van der Waals surface area contributed by atoms with Gasteiger partial charge in [-0.15, -0.1) is 0 Å². The van der Waals surface area contributed by atoms with Crippen LogP contribution in [0.15, 0.2) is 77.0 Å². The molecule has 1 N–H and O–H groups in total. The summed E-state index contributed by atoms with van der Waals surface area (Å²) in [5.41, 5.74) is 0.944. The first-order valence-corrected chi connectivity index (χ1v) is 10.2. The number of nitrogens with zero attached hydrogens (tertiary/aromatic N) is 2. The van der Waals surface area contributed by atoms with Gasteiger partial charge in [-0.05, 0) is 54.8 Å². The number of aryl methyl sites for hydroxylation is 1. The number of ether oxygens (including phenoxy) is 1. The topological polar surface area (TPSA) is 47.3 Å². The molecule has 142 valence electrons. The number of aromatic nitrogens is 2. The van der Waals surface area contributed by atoms with Crippen LogP contribution in [0, 0.1) is 0 Å². The van der Waals surface area contributed by atoms with Crippen molar-refractivity contribution in [2.75, 3.05) is 6.61 Å². The van der Waals surface area contributed by atoms with Crippen LogP contribution in [0.5, 0.6) is 5.75 Å². The summed E-state index contributed by atoms with van der Waals surface area (Å²) < 4.78 is 7.68. The SMILES string of the molecule is CCCCOc1ccc(Sc2ccc(C(O)CCn3ccnc3)cc2)cc1. The van der Waals surface area contributed by atoms with E-state index < -0.39 is 6.10 Å². The molecule has 0 bridgehead atoms. The summed E-state index contributed by atoms with van der Waals surface area (Å²) in [5.74, 6) is 0.921. The molecule has 0 radical (unpaired) electrons. The minimum Gasteiger partial charge on any atom is -0.494 e. The van der Waals surface area contributed by atoms with Gasteiger partial charge in [-0.1, -0.05) is 37.2 Å². The van der Waals surface area contributed by atoms with Crippen molar-refractivity contribution in [3.05, 3.63) is 72.8 Å². The first kappa shape index (κ1) is 19.5. The second-order valence-electron chi connectivity index (χ2n) is 6.45. The Morgan fingerprint density at radius 3 is 2.41 bits per heavy atom. The van der Waals surface area contributed by atoms with Crippen molar-refractivity contribution in [1.82, 2.24) is 9.55 Å². The normalized spacial score (nSPS) is 12.1. The molecule has 0 fully saturated rings. The first-order valence-electron chi connectivity index (χ1n) is 9.39. The lowest BCUT2D eigenvalue weighted by Gasteiger charge is -2.12. The molecule has 0 amide bonds. The molecule has 0 saturated heterocycles. The third-order valence-electron chi connectivity index (χ3n) is 4.31. The fourth-order valence-corrected chi connectivity index (χ4v) is 3.51. The number of hydrogen-bond donors (Lipinski definition) is 1. The van der Waals surface area contributed by atoms with E-state index in [9.17, 15) is 5.11 Å². The maximum atomic E-state index is 10.4. The molecule has 4 nitrogen and oxygen atoms in total. The molecule has 3 rings (SSSR count). The van der Waals surface area contributed by atoms with E-state index in [0.29, 0.717) is 6.42 Å². The number of aliphatic hydroxyl groups is 1. The molecule has 1 heterocycles. The van der Waals surface area contributed by atoms with Gasteiger partial charge in [0.1, 0.15) is 5.75 Å². The van der Waals surface area contributed by atoms with E-state index in [1.807, 2.05) is 35.0 Å². The van der Waals surface area contributed by atoms with E-state index in [0.717, 1.165) is 42.2 Å². The highest BCUT2D eigenvalue weighted by Crippen LogP contribution is 2.30. The molecular formula is C22H26N2O2S. The standard InChI is InChI=1S/C22H26N2O2S/c1-2-3-16-26-19-6-10-21(11-7-19)27-20-8-4-18(5-9-20)22(25)12-14-24-15-13-23-17-24/h4-11,13,15,17,22,25H,2-3,12,14,16H2,1H3. The van der Waals surface area contributed by atoms with Gasteiger partial charge in [0, 0.05) is 28.7 Å². The van der Waals surface area contributed by atoms with Crippen LogP contribution in [0.1, 0.15) is 37.9 Å². The van der Waals surface area contributed by atoms with Crippen LogP contribution >= 0.6 is 11.8 Å². The van der Waals surface area contributed by atoms with Gasteiger partial charge < -0.3 is 14.4 Å². The molecular weight excluding hydrogens is 356 g/mol. The fraction of sp³-hybridized carbons (Fsp3) is 0.318. The molecule has 0 spiro atoms. The van der Waals surface area contributed by atoms with Crippen molar-refractivity contribution in [2.24, 2.45) is 0 Å². The Hall–Kier alpha value is -2.24. The van der Waals surface area contributed by atoms with E-state index in [1.165, 1.54) is 4.90 Å². The molecule has 27 heavy (non-hydrogen) atoms. The first-order chi connectivity index (χ1) is 13.2. The maximum absolute atomic E-state index is 10.4. The van der Waals surface area contributed by atoms with Crippen molar-refractivity contribution in [1.29, 1.82) is 0 Å². The van der Waals surface area contributed by atoms with Crippen LogP contribution in [0.2, 0.25) is 0 Å². The highest BCUT2D eigenvalue weighted by Gasteiger charge is 2.08. The third kappa shape index (κ3) is 6.15. The molecule has 2 aromatic carbocycles. The van der Waals surface area contributed by atoms with Gasteiger partial charge in [0.15, 0.2) is 0 Å². The minimum atomic E-state index is -0.467. The van der Waals surface area contributed by atoms with Gasteiger partial charge in [0.05, 0.1) is 19.0 Å². The molecule has 1 atom stereocenters. The largest absolute Gasteiger partial charge is 0.494 e. The zero-order valence-corrected chi connectivity index (χ0v) is 16.4. The van der Waals surface area contributed by atoms with Gasteiger partial charge in [-0.3, -0.25) is 0 Å². The summed E-state index contributed by atoms with van der Waals surface area (Å²) >= 11 is 1.71. The Labute approximate surface area is 165 Å². The zero-order chi connectivity index (χ0) is 18.9. The number of rotatable bonds is 10. The van der Waals surface area contributed by atoms with Crippen LogP contribution < -0.4 is 4.74 Å². The van der Waals surface area contributed by atoms with Crippen LogP contribution in [0.4, 0.5) is 0 Å². The number of unbranched alkanes of at least 4 members (excludes halogenated alkanes) is 1. The summed E-state index contributed by atoms with van der Waals surface area (Å²) in [6.07, 6.45) is 7.86. The van der Waals surface area contributed by atoms with Gasteiger partial charge in [0.25, 0.3) is 0 Å². The predicted octanol–water partition coefficient (Wildman–Crippen LogP) is 5.34. The Morgan fingerprint density at radius 2 is 1.78 bits per heavy atom. The van der Waals surface area contributed by atoms with E-state index in [1.54, 1.807) is 24.3 Å². The number of benzene rings is 2. The molecule has 0 aliphatic carbocycles. The van der Waals surface area contributed by atoms with Crippen molar-refractivity contribution < 1.29 is 9.84 Å². The average Bonchev–Trinajstić information content (AvgIpc) is 3.22. The summed E-state index contributed by atoms with van der Waals surface area (Å²) in [6.45, 7) is 3.69. The quantitative estimate of drug-likeness (QED) is 0.481. The third-order valence-corrected chi connectivity index (χ3v) is 5.33. The van der Waals surface area contributed by atoms with Crippen molar-refractivity contribution in [3.8, 4) is 5.75 Å². The zero-order valence-electron chi connectivity index (χ0n) is 15.6. The molecule has 0 aliphatic heterocycles. The number of hydrogen-bond acceptors (Lipinski definition) is 4. The van der Waals surface area contributed by atoms with Crippen molar-refractivity contribution >= 4 is 11.8 Å². The van der Waals surface area contributed by atoms with E-state index >= 15 is 0 Å². The Balaban J connectivity index is 1.51. The van der Waals surface area contributed by atoms with Crippen molar-refractivity contribution in [2.45, 2.75) is 48.6 Å². The van der Waals surface area contributed by atoms with Crippen LogP contribution in [-0.2, 0) is 6.54 Å². The maximum Gasteiger partial charge on any atom is 0.119 e. The second kappa shape index (κ2) is 10.2.